The molecule has 4 heteroatoms. The van der Waals surface area contributed by atoms with Crippen LogP contribution < -0.4 is 5.73 Å². The molecule has 18 heavy (non-hydrogen) atoms. The first-order valence-corrected chi connectivity index (χ1v) is 6.44. The van der Waals surface area contributed by atoms with Gasteiger partial charge in [-0.2, -0.15) is 0 Å². The fourth-order valence-electron chi connectivity index (χ4n) is 1.69. The number of nitrogens with two attached hydrogens (primary N) is 1. The van der Waals surface area contributed by atoms with Crippen LogP contribution in [0.3, 0.4) is 0 Å². The molecule has 0 heterocycles. The van der Waals surface area contributed by atoms with Crippen molar-refractivity contribution in [2.24, 2.45) is 5.73 Å². The molecule has 0 aliphatic rings. The Morgan fingerprint density at radius 3 is 2.50 bits per heavy atom. The van der Waals surface area contributed by atoms with Crippen LogP contribution in [0.2, 0.25) is 5.02 Å². The van der Waals surface area contributed by atoms with Crippen molar-refractivity contribution < 1.29 is 4.79 Å². The lowest BCUT2D eigenvalue weighted by Gasteiger charge is -2.32. The van der Waals surface area contributed by atoms with Crippen LogP contribution in [-0.2, 0) is 11.3 Å². The molecule has 1 aromatic rings. The number of rotatable bonds is 4. The van der Waals surface area contributed by atoms with Gasteiger partial charge < -0.3 is 10.6 Å². The summed E-state index contributed by atoms with van der Waals surface area (Å²) in [6.07, 6.45) is 0. The number of carbonyl (C=O) groups excluding carboxylic acids is 1. The van der Waals surface area contributed by atoms with E-state index in [0.717, 1.165) is 5.56 Å². The monoisotopic (exact) mass is 268 g/mol. The van der Waals surface area contributed by atoms with Gasteiger partial charge in [-0.3, -0.25) is 4.79 Å². The highest BCUT2D eigenvalue weighted by molar-refractivity contribution is 6.30. The van der Waals surface area contributed by atoms with E-state index < -0.39 is 5.54 Å². The molecule has 0 radical (unpaired) electrons. The minimum Gasteiger partial charge on any atom is -0.334 e. The number of benzene rings is 1. The van der Waals surface area contributed by atoms with Gasteiger partial charge in [0, 0.05) is 17.6 Å². The van der Waals surface area contributed by atoms with Crippen LogP contribution in [0.5, 0.6) is 0 Å². The van der Waals surface area contributed by atoms with E-state index in [4.69, 9.17) is 17.3 Å². The molecule has 2 N–H and O–H groups in total. The van der Waals surface area contributed by atoms with E-state index in [1.807, 2.05) is 38.1 Å². The number of amides is 1. The lowest BCUT2D eigenvalue weighted by molar-refractivity contribution is -0.138. The van der Waals surface area contributed by atoms with Gasteiger partial charge in [0.2, 0.25) is 5.91 Å². The quantitative estimate of drug-likeness (QED) is 0.913. The fourth-order valence-corrected chi connectivity index (χ4v) is 1.90. The van der Waals surface area contributed by atoms with Gasteiger partial charge in [0.25, 0.3) is 0 Å². The molecule has 0 aromatic heterocycles. The second kappa shape index (κ2) is 5.72. The Balaban J connectivity index is 2.91. The molecule has 0 aliphatic carbocycles. The molecule has 0 saturated heterocycles. The van der Waals surface area contributed by atoms with Crippen LogP contribution in [-0.4, -0.2) is 22.4 Å². The van der Waals surface area contributed by atoms with E-state index in [2.05, 4.69) is 0 Å². The minimum absolute atomic E-state index is 0.0579. The summed E-state index contributed by atoms with van der Waals surface area (Å²) in [5.41, 5.74) is 6.03. The molecule has 0 saturated carbocycles. The molecule has 100 valence electrons. The Morgan fingerprint density at radius 2 is 2.06 bits per heavy atom. The fraction of sp³-hybridized carbons (Fsp3) is 0.500. The number of nitrogens with zero attached hydrogens (tertiary/aromatic N) is 1. The topological polar surface area (TPSA) is 46.3 Å². The maximum absolute atomic E-state index is 12.3. The minimum atomic E-state index is -0.858. The summed E-state index contributed by atoms with van der Waals surface area (Å²) in [5, 5.41) is 0.677. The predicted octanol–water partition coefficient (Wildman–Crippen LogP) is 2.81. The van der Waals surface area contributed by atoms with Gasteiger partial charge in [-0.1, -0.05) is 23.7 Å². The zero-order valence-electron chi connectivity index (χ0n) is 11.4. The highest BCUT2D eigenvalue weighted by Gasteiger charge is 2.29. The van der Waals surface area contributed by atoms with Gasteiger partial charge in [0.1, 0.15) is 0 Å². The van der Waals surface area contributed by atoms with E-state index >= 15 is 0 Å². The van der Waals surface area contributed by atoms with Crippen molar-refractivity contribution in [2.75, 3.05) is 0 Å². The molecule has 0 atom stereocenters. The lowest BCUT2D eigenvalue weighted by Crippen LogP contribution is -2.52. The first kappa shape index (κ1) is 15.0. The van der Waals surface area contributed by atoms with Crippen molar-refractivity contribution in [1.29, 1.82) is 0 Å². The Bertz CT molecular complexity index is 424. The van der Waals surface area contributed by atoms with E-state index in [0.29, 0.717) is 11.6 Å². The van der Waals surface area contributed by atoms with Crippen LogP contribution in [0, 0.1) is 0 Å². The second-order valence-electron chi connectivity index (χ2n) is 5.38. The molecule has 1 rings (SSSR count). The summed E-state index contributed by atoms with van der Waals surface area (Å²) in [6.45, 7) is 7.94. The van der Waals surface area contributed by atoms with E-state index in [1.165, 1.54) is 0 Å². The normalized spacial score (nSPS) is 11.7. The molecule has 0 fully saturated rings. The number of hydrogen-bond acceptors (Lipinski definition) is 2. The van der Waals surface area contributed by atoms with Crippen LogP contribution in [0.4, 0.5) is 0 Å². The molecular formula is C14H21ClN2O. The van der Waals surface area contributed by atoms with E-state index in [1.54, 1.807) is 18.7 Å². The largest absolute Gasteiger partial charge is 0.334 e. The first-order valence-electron chi connectivity index (χ1n) is 6.06. The average molecular weight is 269 g/mol. The maximum atomic E-state index is 12.3. The second-order valence-corrected chi connectivity index (χ2v) is 5.81. The third kappa shape index (κ3) is 4.00. The molecule has 0 unspecified atom stereocenters. The van der Waals surface area contributed by atoms with Crippen molar-refractivity contribution >= 4 is 17.5 Å². The van der Waals surface area contributed by atoms with Crippen molar-refractivity contribution in [3.63, 3.8) is 0 Å². The number of halogens is 1. The summed E-state index contributed by atoms with van der Waals surface area (Å²) in [6, 6.07) is 7.62. The van der Waals surface area contributed by atoms with Crippen LogP contribution in [0.1, 0.15) is 33.3 Å². The Labute approximate surface area is 114 Å². The molecule has 0 aliphatic heterocycles. The standard InChI is InChI=1S/C14H21ClN2O/c1-10(2)17(13(18)14(3,4)16)9-11-6-5-7-12(15)8-11/h5-8,10H,9,16H2,1-4H3. The van der Waals surface area contributed by atoms with Crippen LogP contribution in [0.25, 0.3) is 0 Å². The van der Waals surface area contributed by atoms with Gasteiger partial charge in [0.05, 0.1) is 5.54 Å². The van der Waals surface area contributed by atoms with Crippen molar-refractivity contribution in [3.8, 4) is 0 Å². The Kier molecular flexibility index (Phi) is 4.77. The van der Waals surface area contributed by atoms with Crippen molar-refractivity contribution in [1.82, 2.24) is 4.90 Å². The van der Waals surface area contributed by atoms with Gasteiger partial charge >= 0.3 is 0 Å². The Morgan fingerprint density at radius 1 is 1.44 bits per heavy atom. The van der Waals surface area contributed by atoms with Crippen molar-refractivity contribution in [3.05, 3.63) is 34.9 Å². The molecule has 0 spiro atoms. The average Bonchev–Trinajstić information content (AvgIpc) is 2.23. The van der Waals surface area contributed by atoms with Gasteiger partial charge in [-0.25, -0.2) is 0 Å². The van der Waals surface area contributed by atoms with Crippen molar-refractivity contribution in [2.45, 2.75) is 45.8 Å². The summed E-state index contributed by atoms with van der Waals surface area (Å²) in [7, 11) is 0. The third-order valence-electron chi connectivity index (χ3n) is 2.68. The highest BCUT2D eigenvalue weighted by atomic mass is 35.5. The molecular weight excluding hydrogens is 248 g/mol. The molecule has 1 amide bonds. The maximum Gasteiger partial charge on any atom is 0.242 e. The summed E-state index contributed by atoms with van der Waals surface area (Å²) >= 11 is 5.95. The van der Waals surface area contributed by atoms with Crippen LogP contribution in [0.15, 0.2) is 24.3 Å². The molecule has 3 nitrogen and oxygen atoms in total. The van der Waals surface area contributed by atoms with E-state index in [-0.39, 0.29) is 11.9 Å². The Hall–Kier alpha value is -1.06. The predicted molar refractivity (Wildman–Crippen MR) is 75.4 cm³/mol. The third-order valence-corrected chi connectivity index (χ3v) is 2.91. The molecule has 1 aromatic carbocycles. The van der Waals surface area contributed by atoms with Crippen LogP contribution >= 0.6 is 11.6 Å². The summed E-state index contributed by atoms with van der Waals surface area (Å²) in [5.74, 6) is -0.0579. The first-order chi connectivity index (χ1) is 8.21. The summed E-state index contributed by atoms with van der Waals surface area (Å²) < 4.78 is 0. The SMILES string of the molecule is CC(C)N(Cc1cccc(Cl)c1)C(=O)C(C)(C)N. The van der Waals surface area contributed by atoms with Gasteiger partial charge in [-0.15, -0.1) is 0 Å². The van der Waals surface area contributed by atoms with E-state index in [9.17, 15) is 4.79 Å². The summed E-state index contributed by atoms with van der Waals surface area (Å²) in [4.78, 5) is 14.0. The van der Waals surface area contributed by atoms with Gasteiger partial charge in [-0.05, 0) is 45.4 Å². The number of carbonyl (C=O) groups is 1. The lowest BCUT2D eigenvalue weighted by atomic mass is 10.0. The zero-order valence-corrected chi connectivity index (χ0v) is 12.2. The smallest absolute Gasteiger partial charge is 0.242 e. The zero-order chi connectivity index (χ0) is 13.9. The number of hydrogen-bond donors (Lipinski definition) is 1. The molecule has 0 bridgehead atoms. The van der Waals surface area contributed by atoms with Gasteiger partial charge in [0.15, 0.2) is 0 Å². The highest BCUT2D eigenvalue weighted by Crippen LogP contribution is 2.16.